The molecule has 104 valence electrons. The van der Waals surface area contributed by atoms with Crippen LogP contribution in [0.15, 0.2) is 18.3 Å². The summed E-state index contributed by atoms with van der Waals surface area (Å²) in [5.41, 5.74) is 0.0922. The smallest absolute Gasteiger partial charge is 0.335 e. The van der Waals surface area contributed by atoms with E-state index in [-0.39, 0.29) is 22.8 Å². The van der Waals surface area contributed by atoms with E-state index < -0.39 is 18.2 Å². The molecule has 6 nitrogen and oxygen atoms in total. The van der Waals surface area contributed by atoms with Crippen molar-refractivity contribution in [3.63, 3.8) is 0 Å². The third kappa shape index (κ3) is 4.98. The van der Waals surface area contributed by atoms with Crippen molar-refractivity contribution in [3.05, 3.63) is 29.6 Å². The van der Waals surface area contributed by atoms with Crippen LogP contribution in [0.3, 0.4) is 0 Å². The Morgan fingerprint density at radius 3 is 2.68 bits per heavy atom. The first-order valence-corrected chi connectivity index (χ1v) is 6.59. The number of thioether (sulfide) groups is 1. The maximum Gasteiger partial charge on any atom is 0.335 e. The molecule has 2 unspecified atom stereocenters. The summed E-state index contributed by atoms with van der Waals surface area (Å²) in [7, 11) is 0. The zero-order valence-corrected chi connectivity index (χ0v) is 11.1. The number of hydrogen-bond donors (Lipinski definition) is 3. The first kappa shape index (κ1) is 15.6. The Morgan fingerprint density at radius 1 is 1.42 bits per heavy atom. The first-order valence-electron chi connectivity index (χ1n) is 5.60. The zero-order chi connectivity index (χ0) is 14.4. The molecule has 0 fully saturated rings. The average molecular weight is 285 g/mol. The maximum atomic E-state index is 10.8. The molecule has 0 spiro atoms. The van der Waals surface area contributed by atoms with Crippen molar-refractivity contribution in [2.75, 3.05) is 5.75 Å². The van der Waals surface area contributed by atoms with E-state index in [4.69, 9.17) is 5.11 Å². The Bertz CT molecular complexity index is 465. The molecule has 1 aromatic heterocycles. The van der Waals surface area contributed by atoms with Gasteiger partial charge >= 0.3 is 5.97 Å². The van der Waals surface area contributed by atoms with Gasteiger partial charge in [-0.15, -0.1) is 0 Å². The second-order valence-corrected chi connectivity index (χ2v) is 5.19. The number of pyridine rings is 1. The molecule has 19 heavy (non-hydrogen) atoms. The lowest BCUT2D eigenvalue weighted by molar-refractivity contribution is -0.109. The highest BCUT2D eigenvalue weighted by Crippen LogP contribution is 2.19. The summed E-state index contributed by atoms with van der Waals surface area (Å²) in [6.07, 6.45) is -0.890. The van der Waals surface area contributed by atoms with Gasteiger partial charge in [-0.1, -0.05) is 11.8 Å². The molecule has 3 N–H and O–H groups in total. The van der Waals surface area contributed by atoms with Crippen LogP contribution >= 0.6 is 11.8 Å². The van der Waals surface area contributed by atoms with Gasteiger partial charge in [0.25, 0.3) is 0 Å². The fourth-order valence-corrected chi connectivity index (χ4v) is 2.07. The lowest BCUT2D eigenvalue weighted by atomic mass is 10.1. The number of nitrogens with zero attached hydrogens (tertiary/aromatic N) is 1. The number of aromatic carboxylic acids is 1. The van der Waals surface area contributed by atoms with Gasteiger partial charge in [-0.05, 0) is 18.6 Å². The van der Waals surface area contributed by atoms with E-state index in [2.05, 4.69) is 4.98 Å². The van der Waals surface area contributed by atoms with E-state index in [0.29, 0.717) is 5.75 Å². The summed E-state index contributed by atoms with van der Waals surface area (Å²) in [5.74, 6) is -0.746. The van der Waals surface area contributed by atoms with Crippen LogP contribution in [0.2, 0.25) is 0 Å². The second kappa shape index (κ2) is 7.22. The molecule has 2 atom stereocenters. The number of carbonyl (C=O) groups is 2. The third-order valence-electron chi connectivity index (χ3n) is 2.41. The number of aromatic nitrogens is 1. The van der Waals surface area contributed by atoms with Crippen molar-refractivity contribution in [2.24, 2.45) is 0 Å². The molecule has 7 heteroatoms. The second-order valence-electron chi connectivity index (χ2n) is 3.92. The molecule has 0 saturated heterocycles. The van der Waals surface area contributed by atoms with E-state index in [9.17, 15) is 19.8 Å². The third-order valence-corrected chi connectivity index (χ3v) is 3.26. The number of carboxylic acid groups (broad SMARTS) is 1. The zero-order valence-electron chi connectivity index (χ0n) is 10.3. The summed E-state index contributed by atoms with van der Waals surface area (Å²) in [4.78, 5) is 25.3. The van der Waals surface area contributed by atoms with E-state index in [1.54, 1.807) is 0 Å². The normalized spacial score (nSPS) is 13.8. The molecule has 0 radical (unpaired) electrons. The Labute approximate surface area is 114 Å². The van der Waals surface area contributed by atoms with Crippen LogP contribution in [0.25, 0.3) is 0 Å². The van der Waals surface area contributed by atoms with Gasteiger partial charge in [0.15, 0.2) is 5.12 Å². The first-order chi connectivity index (χ1) is 8.91. The quantitative estimate of drug-likeness (QED) is 0.711. The topological polar surface area (TPSA) is 108 Å². The highest BCUT2D eigenvalue weighted by molar-refractivity contribution is 8.13. The van der Waals surface area contributed by atoms with Crippen LogP contribution in [0, 0.1) is 0 Å². The lowest BCUT2D eigenvalue weighted by Crippen LogP contribution is -2.20. The fraction of sp³-hybridized carbons (Fsp3) is 0.417. The number of aliphatic hydroxyl groups is 2. The summed E-state index contributed by atoms with van der Waals surface area (Å²) in [5, 5.41) is 28.4. The molecule has 0 aliphatic carbocycles. The Balaban J connectivity index is 2.65. The molecule has 0 aliphatic rings. The fourth-order valence-electron chi connectivity index (χ4n) is 1.42. The molecule has 0 amide bonds. The molecule has 1 heterocycles. The van der Waals surface area contributed by atoms with Gasteiger partial charge in [0.2, 0.25) is 0 Å². The lowest BCUT2D eigenvalue weighted by Gasteiger charge is -2.17. The van der Waals surface area contributed by atoms with Gasteiger partial charge in [0.1, 0.15) is 6.10 Å². The van der Waals surface area contributed by atoms with Crippen LogP contribution in [0.4, 0.5) is 0 Å². The summed E-state index contributed by atoms with van der Waals surface area (Å²) in [6.45, 7) is 1.42. The number of rotatable bonds is 6. The van der Waals surface area contributed by atoms with E-state index in [1.807, 2.05) is 0 Å². The largest absolute Gasteiger partial charge is 0.478 e. The van der Waals surface area contributed by atoms with Crippen molar-refractivity contribution in [3.8, 4) is 0 Å². The molecule has 1 aromatic rings. The molecule has 0 bridgehead atoms. The van der Waals surface area contributed by atoms with Crippen molar-refractivity contribution in [1.82, 2.24) is 4.98 Å². The molecule has 0 aromatic carbocycles. The van der Waals surface area contributed by atoms with Gasteiger partial charge in [-0.3, -0.25) is 9.78 Å². The van der Waals surface area contributed by atoms with Gasteiger partial charge < -0.3 is 15.3 Å². The number of carbonyl (C=O) groups excluding carboxylic acids is 1. The van der Waals surface area contributed by atoms with Gasteiger partial charge in [-0.2, -0.15) is 0 Å². The Kier molecular flexibility index (Phi) is 5.94. The SMILES string of the molecule is CC(=O)SCCC(O)C(O)c1cc(C(=O)O)ccn1. The highest BCUT2D eigenvalue weighted by Gasteiger charge is 2.20. The molecular formula is C12H15NO5S. The van der Waals surface area contributed by atoms with Crippen LogP contribution in [-0.2, 0) is 4.79 Å². The minimum absolute atomic E-state index is 0.00522. The Hall–Kier alpha value is -1.44. The number of aliphatic hydroxyl groups excluding tert-OH is 2. The average Bonchev–Trinajstić information content (AvgIpc) is 2.37. The monoisotopic (exact) mass is 285 g/mol. The molecule has 0 saturated carbocycles. The predicted octanol–water partition coefficient (Wildman–Crippen LogP) is 0.844. The maximum absolute atomic E-state index is 10.8. The highest BCUT2D eigenvalue weighted by atomic mass is 32.2. The summed E-state index contributed by atoms with van der Waals surface area (Å²) >= 11 is 1.06. The van der Waals surface area contributed by atoms with Gasteiger partial charge in [-0.25, -0.2) is 4.79 Å². The predicted molar refractivity (Wildman–Crippen MR) is 69.9 cm³/mol. The van der Waals surface area contributed by atoms with E-state index in [0.717, 1.165) is 11.8 Å². The molecule has 1 rings (SSSR count). The van der Waals surface area contributed by atoms with Crippen molar-refractivity contribution in [2.45, 2.75) is 25.6 Å². The van der Waals surface area contributed by atoms with Crippen LogP contribution in [0.5, 0.6) is 0 Å². The molecule has 0 aliphatic heterocycles. The number of carboxylic acids is 1. The van der Waals surface area contributed by atoms with Crippen molar-refractivity contribution in [1.29, 1.82) is 0 Å². The van der Waals surface area contributed by atoms with E-state index >= 15 is 0 Å². The van der Waals surface area contributed by atoms with Gasteiger partial charge in [0.05, 0.1) is 17.4 Å². The van der Waals surface area contributed by atoms with Crippen LogP contribution in [0.1, 0.15) is 35.5 Å². The summed E-state index contributed by atoms with van der Waals surface area (Å²) < 4.78 is 0. The van der Waals surface area contributed by atoms with Gasteiger partial charge in [0, 0.05) is 18.9 Å². The van der Waals surface area contributed by atoms with E-state index in [1.165, 1.54) is 25.3 Å². The number of hydrogen-bond acceptors (Lipinski definition) is 6. The van der Waals surface area contributed by atoms with Crippen molar-refractivity contribution >= 4 is 22.8 Å². The minimum Gasteiger partial charge on any atom is -0.478 e. The summed E-state index contributed by atoms with van der Waals surface area (Å²) in [6, 6.07) is 2.52. The van der Waals surface area contributed by atoms with Crippen molar-refractivity contribution < 1.29 is 24.9 Å². The minimum atomic E-state index is -1.27. The van der Waals surface area contributed by atoms with Crippen LogP contribution in [-0.4, -0.2) is 43.2 Å². The van der Waals surface area contributed by atoms with Crippen LogP contribution < -0.4 is 0 Å². The standard InChI is InChI=1S/C12H15NO5S/c1-7(14)19-5-3-10(15)11(16)9-6-8(12(17)18)2-4-13-9/h2,4,6,10-11,15-16H,3,5H2,1H3,(H,17,18). The molecular weight excluding hydrogens is 270 g/mol. The Morgan fingerprint density at radius 2 is 2.11 bits per heavy atom.